The predicted molar refractivity (Wildman–Crippen MR) is 93.5 cm³/mol. The number of alkyl halides is 3. The standard InChI is InChI=1S/C17H21ClF3N3O3/c1-16(27,17(19,20)21)10-15(26)24-8-6-23(7-9-24)11-14(25)22-13-5-3-2-4-12(13)18/h2-5,27H,6-11H2,1H3,(H,22,25)/p+1/t16-/m0/s1. The number of quaternary nitrogens is 1. The van der Waals surface area contributed by atoms with Crippen molar-refractivity contribution in [2.45, 2.75) is 25.1 Å². The van der Waals surface area contributed by atoms with Crippen molar-refractivity contribution in [2.75, 3.05) is 38.0 Å². The third-order valence-electron chi connectivity index (χ3n) is 4.49. The molecular weight excluding hydrogens is 387 g/mol. The van der Waals surface area contributed by atoms with Gasteiger partial charge in [-0.2, -0.15) is 13.2 Å². The van der Waals surface area contributed by atoms with Crippen LogP contribution in [0.4, 0.5) is 18.9 Å². The highest BCUT2D eigenvalue weighted by Gasteiger charge is 2.51. The van der Waals surface area contributed by atoms with Crippen molar-refractivity contribution in [3.05, 3.63) is 29.3 Å². The van der Waals surface area contributed by atoms with Gasteiger partial charge in [0.1, 0.15) is 0 Å². The lowest BCUT2D eigenvalue weighted by Gasteiger charge is -2.34. The number of para-hydroxylation sites is 1. The first-order valence-corrected chi connectivity index (χ1v) is 8.82. The Balaban J connectivity index is 1.80. The highest BCUT2D eigenvalue weighted by molar-refractivity contribution is 6.33. The second-order valence-corrected chi connectivity index (χ2v) is 7.19. The third kappa shape index (κ3) is 5.82. The molecule has 0 spiro atoms. The molecule has 1 aromatic rings. The van der Waals surface area contributed by atoms with E-state index in [0.29, 0.717) is 30.7 Å². The van der Waals surface area contributed by atoms with Gasteiger partial charge in [-0.05, 0) is 19.1 Å². The van der Waals surface area contributed by atoms with Gasteiger partial charge in [-0.25, -0.2) is 0 Å². The lowest BCUT2D eigenvalue weighted by molar-refractivity contribution is -0.895. The van der Waals surface area contributed by atoms with Crippen LogP contribution in [-0.2, 0) is 9.59 Å². The number of anilines is 1. The van der Waals surface area contributed by atoms with Crippen LogP contribution in [0.3, 0.4) is 0 Å². The van der Waals surface area contributed by atoms with E-state index in [1.54, 1.807) is 24.3 Å². The van der Waals surface area contributed by atoms with Crippen molar-refractivity contribution in [2.24, 2.45) is 0 Å². The van der Waals surface area contributed by atoms with Gasteiger partial charge in [0.25, 0.3) is 5.91 Å². The Kier molecular flexibility index (Phi) is 6.72. The monoisotopic (exact) mass is 408 g/mol. The smallest absolute Gasteiger partial charge is 0.380 e. The van der Waals surface area contributed by atoms with E-state index < -0.39 is 24.1 Å². The molecule has 1 aromatic carbocycles. The van der Waals surface area contributed by atoms with Crippen molar-refractivity contribution < 1.29 is 32.8 Å². The highest BCUT2D eigenvalue weighted by atomic mass is 35.5. The number of hydrogen-bond donors (Lipinski definition) is 3. The number of amides is 2. The quantitative estimate of drug-likeness (QED) is 0.672. The first-order chi connectivity index (χ1) is 12.5. The second kappa shape index (κ2) is 8.45. The van der Waals surface area contributed by atoms with Crippen molar-refractivity contribution in [1.29, 1.82) is 0 Å². The topological polar surface area (TPSA) is 74.1 Å². The van der Waals surface area contributed by atoms with Gasteiger partial charge in [-0.1, -0.05) is 23.7 Å². The van der Waals surface area contributed by atoms with Gasteiger partial charge in [0.15, 0.2) is 12.1 Å². The molecule has 1 fully saturated rings. The Morgan fingerprint density at radius 1 is 1.26 bits per heavy atom. The molecule has 0 radical (unpaired) electrons. The van der Waals surface area contributed by atoms with Crippen LogP contribution in [0.1, 0.15) is 13.3 Å². The number of carbonyl (C=O) groups excluding carboxylic acids is 2. The van der Waals surface area contributed by atoms with Crippen LogP contribution in [0.25, 0.3) is 0 Å². The number of benzene rings is 1. The molecule has 1 heterocycles. The zero-order valence-corrected chi connectivity index (χ0v) is 15.5. The number of nitrogens with one attached hydrogen (secondary N) is 2. The van der Waals surface area contributed by atoms with E-state index in [-0.39, 0.29) is 25.5 Å². The number of carbonyl (C=O) groups is 2. The minimum atomic E-state index is -4.87. The van der Waals surface area contributed by atoms with E-state index in [4.69, 9.17) is 11.6 Å². The van der Waals surface area contributed by atoms with Gasteiger partial charge in [-0.3, -0.25) is 9.59 Å². The summed E-state index contributed by atoms with van der Waals surface area (Å²) in [5.74, 6) is -0.991. The second-order valence-electron chi connectivity index (χ2n) is 6.78. The minimum Gasteiger partial charge on any atom is -0.380 e. The van der Waals surface area contributed by atoms with Crippen molar-refractivity contribution in [1.82, 2.24) is 4.90 Å². The summed E-state index contributed by atoms with van der Waals surface area (Å²) in [7, 11) is 0. The van der Waals surface area contributed by atoms with Crippen LogP contribution in [0.5, 0.6) is 0 Å². The Morgan fingerprint density at radius 2 is 1.85 bits per heavy atom. The summed E-state index contributed by atoms with van der Waals surface area (Å²) in [4.78, 5) is 26.3. The van der Waals surface area contributed by atoms with Crippen molar-refractivity contribution in [3.63, 3.8) is 0 Å². The molecule has 1 saturated heterocycles. The molecule has 2 amide bonds. The first kappa shape index (κ1) is 21.5. The molecule has 0 aliphatic carbocycles. The maximum Gasteiger partial charge on any atom is 0.417 e. The van der Waals surface area contributed by atoms with E-state index >= 15 is 0 Å². The molecule has 0 aromatic heterocycles. The van der Waals surface area contributed by atoms with E-state index in [1.165, 1.54) is 4.90 Å². The number of nitrogens with zero attached hydrogens (tertiary/aromatic N) is 1. The molecule has 0 bridgehead atoms. The number of piperazine rings is 1. The van der Waals surface area contributed by atoms with E-state index in [9.17, 15) is 27.9 Å². The Labute approximate surface area is 159 Å². The normalized spacial score (nSPS) is 18.1. The molecule has 150 valence electrons. The van der Waals surface area contributed by atoms with Gasteiger partial charge < -0.3 is 20.2 Å². The predicted octanol–water partition coefficient (Wildman–Crippen LogP) is 0.709. The zero-order valence-electron chi connectivity index (χ0n) is 14.8. The summed E-state index contributed by atoms with van der Waals surface area (Å²) in [6.45, 7) is 2.05. The molecule has 2 rings (SSSR count). The molecule has 1 aliphatic heterocycles. The molecule has 0 saturated carbocycles. The molecule has 27 heavy (non-hydrogen) atoms. The van der Waals surface area contributed by atoms with Gasteiger partial charge in [-0.15, -0.1) is 0 Å². The van der Waals surface area contributed by atoms with Crippen molar-refractivity contribution >= 4 is 29.1 Å². The Bertz CT molecular complexity index is 689. The van der Waals surface area contributed by atoms with Crippen LogP contribution < -0.4 is 10.2 Å². The average molecular weight is 409 g/mol. The first-order valence-electron chi connectivity index (χ1n) is 8.44. The minimum absolute atomic E-state index is 0.160. The third-order valence-corrected chi connectivity index (χ3v) is 4.82. The molecular formula is C17H22ClF3N3O3+. The van der Waals surface area contributed by atoms with Gasteiger partial charge in [0, 0.05) is 0 Å². The summed E-state index contributed by atoms with van der Waals surface area (Å²) < 4.78 is 38.1. The van der Waals surface area contributed by atoms with Crippen LogP contribution in [0, 0.1) is 0 Å². The summed E-state index contributed by atoms with van der Waals surface area (Å²) in [5, 5.41) is 12.6. The summed E-state index contributed by atoms with van der Waals surface area (Å²) in [6, 6.07) is 6.83. The van der Waals surface area contributed by atoms with Crippen LogP contribution in [0.2, 0.25) is 5.02 Å². The summed E-state index contributed by atoms with van der Waals surface area (Å²) >= 11 is 5.98. The lowest BCUT2D eigenvalue weighted by atomic mass is 10.0. The van der Waals surface area contributed by atoms with Crippen LogP contribution >= 0.6 is 11.6 Å². The molecule has 1 atom stereocenters. The highest BCUT2D eigenvalue weighted by Crippen LogP contribution is 2.33. The fourth-order valence-electron chi connectivity index (χ4n) is 2.74. The Morgan fingerprint density at radius 3 is 2.41 bits per heavy atom. The van der Waals surface area contributed by atoms with E-state index in [1.807, 2.05) is 0 Å². The lowest BCUT2D eigenvalue weighted by Crippen LogP contribution is -3.15. The fourth-order valence-corrected chi connectivity index (χ4v) is 2.92. The summed E-state index contributed by atoms with van der Waals surface area (Å²) in [6.07, 6.45) is -5.88. The molecule has 10 heteroatoms. The van der Waals surface area contributed by atoms with Crippen LogP contribution in [0.15, 0.2) is 24.3 Å². The Hall–Kier alpha value is -1.84. The SMILES string of the molecule is C[C@](O)(CC(=O)N1CC[NH+](CC(=O)Nc2ccccc2Cl)CC1)C(F)(F)F. The van der Waals surface area contributed by atoms with E-state index in [2.05, 4.69) is 5.32 Å². The van der Waals surface area contributed by atoms with E-state index in [0.717, 1.165) is 4.90 Å². The zero-order chi connectivity index (χ0) is 20.2. The molecule has 6 nitrogen and oxygen atoms in total. The average Bonchev–Trinajstić information content (AvgIpc) is 2.56. The maximum absolute atomic E-state index is 12.7. The van der Waals surface area contributed by atoms with Gasteiger partial charge in [0.2, 0.25) is 5.91 Å². The van der Waals surface area contributed by atoms with Gasteiger partial charge >= 0.3 is 6.18 Å². The van der Waals surface area contributed by atoms with Crippen molar-refractivity contribution in [3.8, 4) is 0 Å². The molecule has 3 N–H and O–H groups in total. The van der Waals surface area contributed by atoms with Gasteiger partial charge in [0.05, 0.1) is 43.3 Å². The fraction of sp³-hybridized carbons (Fsp3) is 0.529. The maximum atomic E-state index is 12.7. The van der Waals surface area contributed by atoms with Crippen LogP contribution in [-0.4, -0.2) is 66.3 Å². The molecule has 0 unspecified atom stereocenters. The number of aliphatic hydroxyl groups is 1. The largest absolute Gasteiger partial charge is 0.417 e. The molecule has 1 aliphatic rings. The number of hydrogen-bond acceptors (Lipinski definition) is 3. The summed E-state index contributed by atoms with van der Waals surface area (Å²) in [5.41, 5.74) is -2.55. The number of halogens is 4. The number of rotatable bonds is 5.